The first-order valence-electron chi connectivity index (χ1n) is 7.42. The number of carbonyl (C=O) groups is 1. The summed E-state index contributed by atoms with van der Waals surface area (Å²) in [7, 11) is 0. The van der Waals surface area contributed by atoms with Crippen LogP contribution in [0.4, 0.5) is 4.79 Å². The molecule has 0 radical (unpaired) electrons. The Morgan fingerprint density at radius 1 is 0.913 bits per heavy atom. The summed E-state index contributed by atoms with van der Waals surface area (Å²) in [5.41, 5.74) is 3.08. The van der Waals surface area contributed by atoms with Gasteiger partial charge in [0.05, 0.1) is 5.69 Å². The highest BCUT2D eigenvalue weighted by Gasteiger charge is 2.09. The molecule has 0 N–H and O–H groups in total. The van der Waals surface area contributed by atoms with Crippen LogP contribution in [0, 0.1) is 6.92 Å². The molecule has 0 saturated carbocycles. The Labute approximate surface area is 135 Å². The van der Waals surface area contributed by atoms with Crippen molar-refractivity contribution in [2.24, 2.45) is 0 Å². The number of benzene rings is 2. The summed E-state index contributed by atoms with van der Waals surface area (Å²) in [6, 6.07) is 20.9. The van der Waals surface area contributed by atoms with E-state index in [1.807, 2.05) is 60.7 Å². The summed E-state index contributed by atoms with van der Waals surface area (Å²) in [6.45, 7) is 2.06. The maximum Gasteiger partial charge on any atom is 0.423 e. The number of para-hydroxylation sites is 1. The van der Waals surface area contributed by atoms with Gasteiger partial charge in [-0.15, -0.1) is 0 Å². The van der Waals surface area contributed by atoms with Gasteiger partial charge in [-0.3, -0.25) is 4.57 Å². The summed E-state index contributed by atoms with van der Waals surface area (Å²) in [5, 5.41) is 0. The molecule has 0 aliphatic heterocycles. The second-order valence-electron chi connectivity index (χ2n) is 5.17. The summed E-state index contributed by atoms with van der Waals surface area (Å²) in [4.78, 5) is 12.3. The van der Waals surface area contributed by atoms with Crippen LogP contribution in [-0.4, -0.2) is 10.7 Å². The lowest BCUT2D eigenvalue weighted by Gasteiger charge is -2.06. The average Bonchev–Trinajstić information content (AvgIpc) is 3.04. The molecule has 1 heterocycles. The highest BCUT2D eigenvalue weighted by Crippen LogP contribution is 2.15. The third-order valence-electron chi connectivity index (χ3n) is 3.55. The monoisotopic (exact) mass is 303 g/mol. The maximum atomic E-state index is 12.3. The van der Waals surface area contributed by atoms with Crippen molar-refractivity contribution in [2.75, 3.05) is 0 Å². The summed E-state index contributed by atoms with van der Waals surface area (Å²) >= 11 is 0. The molecule has 0 aliphatic carbocycles. The van der Waals surface area contributed by atoms with E-state index in [2.05, 4.69) is 13.0 Å². The van der Waals surface area contributed by atoms with Crippen LogP contribution < -0.4 is 4.74 Å². The number of hydrogen-bond donors (Lipinski definition) is 0. The van der Waals surface area contributed by atoms with Crippen molar-refractivity contribution in [1.82, 2.24) is 4.57 Å². The lowest BCUT2D eigenvalue weighted by molar-refractivity contribution is 0.202. The first-order valence-corrected chi connectivity index (χ1v) is 7.42. The van der Waals surface area contributed by atoms with Crippen molar-refractivity contribution >= 4 is 18.2 Å². The minimum Gasteiger partial charge on any atom is -0.410 e. The number of ether oxygens (including phenoxy) is 1. The van der Waals surface area contributed by atoms with Gasteiger partial charge in [0, 0.05) is 6.20 Å². The molecule has 3 heteroatoms. The Morgan fingerprint density at radius 3 is 2.43 bits per heavy atom. The van der Waals surface area contributed by atoms with Crippen LogP contribution in [0.3, 0.4) is 0 Å². The van der Waals surface area contributed by atoms with Gasteiger partial charge in [0.1, 0.15) is 5.75 Å². The lowest BCUT2D eigenvalue weighted by atomic mass is 10.1. The van der Waals surface area contributed by atoms with Crippen LogP contribution in [0.1, 0.15) is 16.8 Å². The van der Waals surface area contributed by atoms with Crippen LogP contribution in [0.15, 0.2) is 72.9 Å². The zero-order valence-electron chi connectivity index (χ0n) is 12.8. The van der Waals surface area contributed by atoms with Crippen LogP contribution in [-0.2, 0) is 0 Å². The van der Waals surface area contributed by atoms with E-state index < -0.39 is 6.09 Å². The van der Waals surface area contributed by atoms with Crippen LogP contribution in [0.25, 0.3) is 12.2 Å². The molecule has 3 rings (SSSR count). The summed E-state index contributed by atoms with van der Waals surface area (Å²) in [5.74, 6) is 0.528. The van der Waals surface area contributed by atoms with Gasteiger partial charge >= 0.3 is 6.09 Å². The van der Waals surface area contributed by atoms with E-state index in [1.54, 1.807) is 18.3 Å². The van der Waals surface area contributed by atoms with Crippen molar-refractivity contribution in [3.05, 3.63) is 89.7 Å². The summed E-state index contributed by atoms with van der Waals surface area (Å²) in [6.07, 6.45) is 5.18. The quantitative estimate of drug-likeness (QED) is 0.680. The Kier molecular flexibility index (Phi) is 4.39. The molecule has 23 heavy (non-hydrogen) atoms. The van der Waals surface area contributed by atoms with Crippen LogP contribution in [0.5, 0.6) is 5.75 Å². The fraction of sp³-hybridized carbons (Fsp3) is 0.0500. The SMILES string of the molecule is Cc1ccccc1/C=C/c1cccn1C(=O)Oc1ccccc1. The van der Waals surface area contributed by atoms with E-state index in [1.165, 1.54) is 10.1 Å². The first kappa shape index (κ1) is 14.9. The molecule has 0 amide bonds. The molecule has 0 spiro atoms. The molecular formula is C20H17NO2. The smallest absolute Gasteiger partial charge is 0.410 e. The van der Waals surface area contributed by atoms with E-state index in [9.17, 15) is 4.79 Å². The second kappa shape index (κ2) is 6.79. The Bertz CT molecular complexity index is 832. The largest absolute Gasteiger partial charge is 0.423 e. The molecule has 0 bridgehead atoms. The number of rotatable bonds is 3. The van der Waals surface area contributed by atoms with Crippen molar-refractivity contribution < 1.29 is 9.53 Å². The topological polar surface area (TPSA) is 31.2 Å². The van der Waals surface area contributed by atoms with E-state index in [0.717, 1.165) is 11.3 Å². The van der Waals surface area contributed by atoms with Gasteiger partial charge in [-0.05, 0) is 48.4 Å². The van der Waals surface area contributed by atoms with Gasteiger partial charge in [-0.1, -0.05) is 48.5 Å². The third kappa shape index (κ3) is 3.58. The minimum absolute atomic E-state index is 0.425. The molecular weight excluding hydrogens is 286 g/mol. The van der Waals surface area contributed by atoms with Crippen LogP contribution >= 0.6 is 0 Å². The van der Waals surface area contributed by atoms with Crippen molar-refractivity contribution in [1.29, 1.82) is 0 Å². The van der Waals surface area contributed by atoms with E-state index in [-0.39, 0.29) is 0 Å². The van der Waals surface area contributed by atoms with E-state index >= 15 is 0 Å². The van der Waals surface area contributed by atoms with Gasteiger partial charge in [0.15, 0.2) is 0 Å². The van der Waals surface area contributed by atoms with Gasteiger partial charge in [-0.25, -0.2) is 4.79 Å². The van der Waals surface area contributed by atoms with E-state index in [0.29, 0.717) is 5.75 Å². The van der Waals surface area contributed by atoms with Crippen molar-refractivity contribution in [3.63, 3.8) is 0 Å². The standard InChI is InChI=1S/C20H17NO2/c1-16-8-5-6-9-17(16)13-14-18-10-7-15-21(18)20(22)23-19-11-3-2-4-12-19/h2-15H,1H3/b14-13+. The Hall–Kier alpha value is -3.07. The van der Waals surface area contributed by atoms with Crippen molar-refractivity contribution in [3.8, 4) is 5.75 Å². The van der Waals surface area contributed by atoms with Crippen molar-refractivity contribution in [2.45, 2.75) is 6.92 Å². The molecule has 114 valence electrons. The average molecular weight is 303 g/mol. The van der Waals surface area contributed by atoms with Gasteiger partial charge < -0.3 is 4.74 Å². The van der Waals surface area contributed by atoms with Gasteiger partial charge in [0.25, 0.3) is 0 Å². The molecule has 3 aromatic rings. The van der Waals surface area contributed by atoms with E-state index in [4.69, 9.17) is 4.74 Å². The molecule has 0 saturated heterocycles. The third-order valence-corrected chi connectivity index (χ3v) is 3.55. The number of nitrogens with zero attached hydrogens (tertiary/aromatic N) is 1. The molecule has 0 unspecified atom stereocenters. The molecule has 0 fully saturated rings. The molecule has 1 aromatic heterocycles. The zero-order valence-corrected chi connectivity index (χ0v) is 12.8. The summed E-state index contributed by atoms with van der Waals surface area (Å²) < 4.78 is 6.85. The molecule has 3 nitrogen and oxygen atoms in total. The number of aryl methyl sites for hydroxylation is 1. The van der Waals surface area contributed by atoms with Crippen LogP contribution in [0.2, 0.25) is 0 Å². The maximum absolute atomic E-state index is 12.3. The highest BCUT2D eigenvalue weighted by molar-refractivity contribution is 5.79. The second-order valence-corrected chi connectivity index (χ2v) is 5.17. The predicted octanol–water partition coefficient (Wildman–Crippen LogP) is 5.01. The predicted molar refractivity (Wildman–Crippen MR) is 92.4 cm³/mol. The number of aromatic nitrogens is 1. The fourth-order valence-corrected chi connectivity index (χ4v) is 2.28. The molecule has 0 atom stereocenters. The minimum atomic E-state index is -0.425. The zero-order chi connectivity index (χ0) is 16.1. The molecule has 2 aromatic carbocycles. The number of hydrogen-bond acceptors (Lipinski definition) is 2. The Balaban J connectivity index is 1.80. The highest BCUT2D eigenvalue weighted by atomic mass is 16.6. The Morgan fingerprint density at radius 2 is 1.65 bits per heavy atom. The molecule has 0 aliphatic rings. The van der Waals surface area contributed by atoms with Gasteiger partial charge in [-0.2, -0.15) is 0 Å². The fourth-order valence-electron chi connectivity index (χ4n) is 2.28. The number of carbonyl (C=O) groups excluding carboxylic acids is 1. The first-order chi connectivity index (χ1) is 11.2. The van der Waals surface area contributed by atoms with Gasteiger partial charge in [0.2, 0.25) is 0 Å². The normalized spacial score (nSPS) is 10.8. The lowest BCUT2D eigenvalue weighted by Crippen LogP contribution is -2.16.